The molecule has 1 aliphatic rings. The molecule has 2 N–H and O–H groups in total. The zero-order valence-electron chi connectivity index (χ0n) is 11.7. The molecule has 4 amide bonds. The maximum Gasteiger partial charge on any atom is 0.255 e. The van der Waals surface area contributed by atoms with Gasteiger partial charge in [0, 0.05) is 18.2 Å². The number of carbonyl (C=O) groups excluding carboxylic acids is 4. The van der Waals surface area contributed by atoms with E-state index in [2.05, 4.69) is 10.6 Å². The first-order chi connectivity index (χ1) is 9.88. The van der Waals surface area contributed by atoms with Gasteiger partial charge in [0.05, 0.1) is 0 Å². The summed E-state index contributed by atoms with van der Waals surface area (Å²) in [5.74, 6) is -1.69. The van der Waals surface area contributed by atoms with Crippen LogP contribution in [0.5, 0.6) is 0 Å². The first kappa shape index (κ1) is 14.7. The molecule has 2 rings (SSSR count). The number of benzene rings is 1. The van der Waals surface area contributed by atoms with Crippen molar-refractivity contribution in [3.8, 4) is 0 Å². The Hall–Kier alpha value is -2.70. The summed E-state index contributed by atoms with van der Waals surface area (Å²) in [7, 11) is 0. The summed E-state index contributed by atoms with van der Waals surface area (Å²) >= 11 is 0. The molecule has 0 saturated carbocycles. The minimum atomic E-state index is -0.723. The summed E-state index contributed by atoms with van der Waals surface area (Å²) in [6.45, 7) is 2.75. The molecule has 1 saturated heterocycles. The quantitative estimate of drug-likeness (QED) is 0.757. The second kappa shape index (κ2) is 5.74. The fourth-order valence-electron chi connectivity index (χ4n) is 2.06. The van der Waals surface area contributed by atoms with E-state index in [1.807, 2.05) is 0 Å². The number of anilines is 1. The lowest BCUT2D eigenvalue weighted by Gasteiger charge is -2.31. The Morgan fingerprint density at radius 3 is 2.71 bits per heavy atom. The summed E-state index contributed by atoms with van der Waals surface area (Å²) in [6, 6.07) is 5.62. The predicted molar refractivity (Wildman–Crippen MR) is 74.4 cm³/mol. The van der Waals surface area contributed by atoms with E-state index in [9.17, 15) is 19.2 Å². The van der Waals surface area contributed by atoms with Gasteiger partial charge in [-0.15, -0.1) is 0 Å². The summed E-state index contributed by atoms with van der Waals surface area (Å²) in [4.78, 5) is 47.6. The molecule has 1 heterocycles. The normalized spacial score (nSPS) is 18.2. The third-order valence-corrected chi connectivity index (χ3v) is 3.11. The molecule has 7 nitrogen and oxygen atoms in total. The number of amides is 4. The van der Waals surface area contributed by atoms with Crippen LogP contribution in [-0.2, 0) is 14.4 Å². The SMILES string of the molecule is CC(=O)Nc1cccc(C(=O)N2CC(=O)NC(=O)C2C)c1. The van der Waals surface area contributed by atoms with Gasteiger partial charge in [0.25, 0.3) is 5.91 Å². The average molecular weight is 289 g/mol. The van der Waals surface area contributed by atoms with Crippen LogP contribution in [0.1, 0.15) is 24.2 Å². The van der Waals surface area contributed by atoms with Gasteiger partial charge in [0.15, 0.2) is 0 Å². The second-order valence-electron chi connectivity index (χ2n) is 4.78. The van der Waals surface area contributed by atoms with E-state index >= 15 is 0 Å². The number of hydrogen-bond acceptors (Lipinski definition) is 4. The summed E-state index contributed by atoms with van der Waals surface area (Å²) < 4.78 is 0. The lowest BCUT2D eigenvalue weighted by molar-refractivity contribution is -0.138. The number of carbonyl (C=O) groups is 4. The molecule has 110 valence electrons. The van der Waals surface area contributed by atoms with Crippen LogP contribution in [0.2, 0.25) is 0 Å². The first-order valence-electron chi connectivity index (χ1n) is 6.41. The van der Waals surface area contributed by atoms with Gasteiger partial charge in [-0.25, -0.2) is 0 Å². The number of imide groups is 1. The molecule has 0 bridgehead atoms. The minimum Gasteiger partial charge on any atom is -0.326 e. The molecule has 0 aromatic heterocycles. The van der Waals surface area contributed by atoms with E-state index in [-0.39, 0.29) is 12.5 Å². The maximum absolute atomic E-state index is 12.4. The number of nitrogens with one attached hydrogen (secondary N) is 2. The van der Waals surface area contributed by atoms with E-state index < -0.39 is 23.8 Å². The van der Waals surface area contributed by atoms with Gasteiger partial charge in [-0.3, -0.25) is 24.5 Å². The monoisotopic (exact) mass is 289 g/mol. The third-order valence-electron chi connectivity index (χ3n) is 3.11. The molecule has 0 aliphatic carbocycles. The van der Waals surface area contributed by atoms with Crippen LogP contribution in [0.4, 0.5) is 5.69 Å². The summed E-state index contributed by atoms with van der Waals surface area (Å²) in [5.41, 5.74) is 0.782. The predicted octanol–water partition coefficient (Wildman–Crippen LogP) is 0.132. The molecule has 0 radical (unpaired) electrons. The number of hydrogen-bond donors (Lipinski definition) is 2. The highest BCUT2D eigenvalue weighted by molar-refractivity contribution is 6.07. The van der Waals surface area contributed by atoms with Crippen molar-refractivity contribution in [2.75, 3.05) is 11.9 Å². The molecule has 7 heteroatoms. The van der Waals surface area contributed by atoms with Crippen molar-refractivity contribution in [3.05, 3.63) is 29.8 Å². The van der Waals surface area contributed by atoms with Crippen molar-refractivity contribution >= 4 is 29.3 Å². The Balaban J connectivity index is 2.24. The minimum absolute atomic E-state index is 0.171. The molecule has 0 spiro atoms. The van der Waals surface area contributed by atoms with Crippen molar-refractivity contribution < 1.29 is 19.2 Å². The number of rotatable bonds is 2. The van der Waals surface area contributed by atoms with Gasteiger partial charge in [0.1, 0.15) is 12.6 Å². The lowest BCUT2D eigenvalue weighted by Crippen LogP contribution is -2.58. The molecule has 1 aliphatic heterocycles. The molecule has 1 aromatic carbocycles. The van der Waals surface area contributed by atoms with Gasteiger partial charge in [0.2, 0.25) is 17.7 Å². The van der Waals surface area contributed by atoms with E-state index in [1.54, 1.807) is 25.1 Å². The van der Waals surface area contributed by atoms with Crippen molar-refractivity contribution in [1.82, 2.24) is 10.2 Å². The van der Waals surface area contributed by atoms with Gasteiger partial charge in [-0.2, -0.15) is 0 Å². The Labute approximate surface area is 121 Å². The standard InChI is InChI=1S/C14H15N3O4/c1-8-13(20)16-12(19)7-17(8)14(21)10-4-3-5-11(6-10)15-9(2)18/h3-6,8H,7H2,1-2H3,(H,15,18)(H,16,19,20). The topological polar surface area (TPSA) is 95.6 Å². The highest BCUT2D eigenvalue weighted by Crippen LogP contribution is 2.15. The third kappa shape index (κ3) is 3.25. The largest absolute Gasteiger partial charge is 0.326 e. The van der Waals surface area contributed by atoms with Crippen LogP contribution in [0.15, 0.2) is 24.3 Å². The van der Waals surface area contributed by atoms with Crippen molar-refractivity contribution in [3.63, 3.8) is 0 Å². The van der Waals surface area contributed by atoms with Crippen molar-refractivity contribution in [2.24, 2.45) is 0 Å². The average Bonchev–Trinajstić information content (AvgIpc) is 2.41. The molecular weight excluding hydrogens is 274 g/mol. The Morgan fingerprint density at radius 1 is 1.33 bits per heavy atom. The van der Waals surface area contributed by atoms with Crippen LogP contribution >= 0.6 is 0 Å². The Bertz CT molecular complexity index is 626. The summed E-state index contributed by atoms with van der Waals surface area (Å²) in [5, 5.41) is 4.75. The van der Waals surface area contributed by atoms with Crippen molar-refractivity contribution in [1.29, 1.82) is 0 Å². The zero-order chi connectivity index (χ0) is 15.6. The van der Waals surface area contributed by atoms with Crippen LogP contribution in [0.25, 0.3) is 0 Å². The first-order valence-corrected chi connectivity index (χ1v) is 6.41. The van der Waals surface area contributed by atoms with Gasteiger partial charge in [-0.1, -0.05) is 6.07 Å². The van der Waals surface area contributed by atoms with E-state index in [1.165, 1.54) is 17.9 Å². The smallest absolute Gasteiger partial charge is 0.255 e. The fraction of sp³-hybridized carbons (Fsp3) is 0.286. The highest BCUT2D eigenvalue weighted by Gasteiger charge is 2.33. The lowest BCUT2D eigenvalue weighted by atomic mass is 10.1. The van der Waals surface area contributed by atoms with Crippen molar-refractivity contribution in [2.45, 2.75) is 19.9 Å². The number of piperazine rings is 1. The highest BCUT2D eigenvalue weighted by atomic mass is 16.2. The number of nitrogens with zero attached hydrogens (tertiary/aromatic N) is 1. The van der Waals surface area contributed by atoms with Gasteiger partial charge in [-0.05, 0) is 25.1 Å². The molecule has 1 atom stereocenters. The zero-order valence-corrected chi connectivity index (χ0v) is 11.7. The van der Waals surface area contributed by atoms with E-state index in [0.717, 1.165) is 0 Å². The van der Waals surface area contributed by atoms with Gasteiger partial charge >= 0.3 is 0 Å². The molecular formula is C14H15N3O4. The molecule has 1 aromatic rings. The Kier molecular flexibility index (Phi) is 4.02. The van der Waals surface area contributed by atoms with Crippen LogP contribution in [0, 0.1) is 0 Å². The fourth-order valence-corrected chi connectivity index (χ4v) is 2.06. The maximum atomic E-state index is 12.4. The van der Waals surface area contributed by atoms with E-state index in [0.29, 0.717) is 11.3 Å². The van der Waals surface area contributed by atoms with Crippen LogP contribution in [-0.4, -0.2) is 41.1 Å². The van der Waals surface area contributed by atoms with Crippen LogP contribution < -0.4 is 10.6 Å². The summed E-state index contributed by atoms with van der Waals surface area (Å²) in [6.07, 6.45) is 0. The molecule has 1 unspecified atom stereocenters. The van der Waals surface area contributed by atoms with Gasteiger partial charge < -0.3 is 10.2 Å². The van der Waals surface area contributed by atoms with E-state index in [4.69, 9.17) is 0 Å². The Morgan fingerprint density at radius 2 is 2.05 bits per heavy atom. The van der Waals surface area contributed by atoms with Crippen LogP contribution in [0.3, 0.4) is 0 Å². The molecule has 21 heavy (non-hydrogen) atoms. The molecule has 1 fully saturated rings. The second-order valence-corrected chi connectivity index (χ2v) is 4.78.